The number of aromatic nitrogens is 2. The van der Waals surface area contributed by atoms with E-state index in [0.29, 0.717) is 38.0 Å². The zero-order valence-corrected chi connectivity index (χ0v) is 11.1. The summed E-state index contributed by atoms with van der Waals surface area (Å²) < 4.78 is 16.1. The second kappa shape index (κ2) is 6.13. The topological polar surface area (TPSA) is 83.4 Å². The molecule has 2 heterocycles. The first-order chi connectivity index (χ1) is 9.83. The van der Waals surface area contributed by atoms with Crippen LogP contribution in [0.1, 0.15) is 29.4 Å². The fourth-order valence-corrected chi connectivity index (χ4v) is 2.12. The number of nitrogens with zero attached hydrogens (tertiary/aromatic N) is 2. The minimum Gasteiger partial charge on any atom is -0.376 e. The van der Waals surface area contributed by atoms with Crippen molar-refractivity contribution in [1.82, 2.24) is 10.1 Å². The number of rotatable bonds is 4. The molecular formula is C14H17N3O3. The number of hydrogen-bond acceptors (Lipinski definition) is 6. The molecule has 6 nitrogen and oxygen atoms in total. The van der Waals surface area contributed by atoms with Crippen molar-refractivity contribution in [1.29, 1.82) is 0 Å². The minimum absolute atomic E-state index is 0.259. The molecule has 0 spiro atoms. The lowest BCUT2D eigenvalue weighted by molar-refractivity contribution is -0.0941. The molecule has 1 saturated heterocycles. The Hall–Kier alpha value is -1.76. The number of nitrogens with two attached hydrogens (primary N) is 1. The molecule has 2 N–H and O–H groups in total. The molecule has 0 aliphatic carbocycles. The van der Waals surface area contributed by atoms with E-state index in [1.165, 1.54) is 0 Å². The molecule has 20 heavy (non-hydrogen) atoms. The molecule has 0 saturated carbocycles. The molecule has 1 fully saturated rings. The van der Waals surface area contributed by atoms with Gasteiger partial charge in [0.15, 0.2) is 0 Å². The first-order valence-electron chi connectivity index (χ1n) is 6.65. The Bertz CT molecular complexity index is 538. The Morgan fingerprint density at radius 3 is 2.85 bits per heavy atom. The highest BCUT2D eigenvalue weighted by atomic mass is 16.6. The van der Waals surface area contributed by atoms with E-state index in [1.807, 2.05) is 30.3 Å². The van der Waals surface area contributed by atoms with Gasteiger partial charge in [0.25, 0.3) is 0 Å². The fraction of sp³-hybridized carbons (Fsp3) is 0.429. The summed E-state index contributed by atoms with van der Waals surface area (Å²) in [4.78, 5) is 4.32. The average Bonchev–Trinajstić information content (AvgIpc) is 2.99. The molecule has 1 aromatic carbocycles. The van der Waals surface area contributed by atoms with E-state index in [9.17, 15) is 0 Å². The largest absolute Gasteiger partial charge is 0.376 e. The second-order valence-electron chi connectivity index (χ2n) is 4.72. The molecule has 1 aromatic heterocycles. The summed E-state index contributed by atoms with van der Waals surface area (Å²) in [5.41, 5.74) is 7.24. The normalized spacial score (nSPS) is 20.8. The van der Waals surface area contributed by atoms with E-state index in [2.05, 4.69) is 10.1 Å². The van der Waals surface area contributed by atoms with Gasteiger partial charge >= 0.3 is 0 Å². The van der Waals surface area contributed by atoms with Gasteiger partial charge in [-0.05, 0) is 12.0 Å². The Labute approximate surface area is 116 Å². The van der Waals surface area contributed by atoms with Crippen molar-refractivity contribution in [3.05, 3.63) is 47.6 Å². The van der Waals surface area contributed by atoms with Gasteiger partial charge in [-0.2, -0.15) is 4.98 Å². The zero-order chi connectivity index (χ0) is 13.8. The molecule has 0 bridgehead atoms. The second-order valence-corrected chi connectivity index (χ2v) is 4.72. The highest BCUT2D eigenvalue weighted by molar-refractivity contribution is 5.16. The van der Waals surface area contributed by atoms with E-state index in [4.69, 9.17) is 19.7 Å². The van der Waals surface area contributed by atoms with Crippen LogP contribution in [0.2, 0.25) is 0 Å². The van der Waals surface area contributed by atoms with Gasteiger partial charge in [0.2, 0.25) is 11.7 Å². The third kappa shape index (κ3) is 3.04. The molecule has 2 atom stereocenters. The molecule has 0 amide bonds. The van der Waals surface area contributed by atoms with Crippen LogP contribution in [0.5, 0.6) is 0 Å². The van der Waals surface area contributed by atoms with Gasteiger partial charge in [-0.25, -0.2) is 0 Å². The summed E-state index contributed by atoms with van der Waals surface area (Å²) in [6.07, 6.45) is 0.398. The fourth-order valence-electron chi connectivity index (χ4n) is 2.12. The predicted molar refractivity (Wildman–Crippen MR) is 70.9 cm³/mol. The molecule has 2 aromatic rings. The van der Waals surface area contributed by atoms with Gasteiger partial charge < -0.3 is 19.7 Å². The van der Waals surface area contributed by atoms with Gasteiger partial charge in [-0.1, -0.05) is 35.5 Å². The first-order valence-corrected chi connectivity index (χ1v) is 6.65. The van der Waals surface area contributed by atoms with E-state index in [1.54, 1.807) is 0 Å². The summed E-state index contributed by atoms with van der Waals surface area (Å²) in [6.45, 7) is 1.60. The number of hydrogen-bond donors (Lipinski definition) is 1. The standard InChI is InChI=1S/C14H17N3O3/c15-11(8-10-4-2-1-3-5-10)14-16-13(17-20-14)12-9-18-6-7-19-12/h1-5,11-12H,6-9,15H2. The highest BCUT2D eigenvalue weighted by Crippen LogP contribution is 2.20. The minimum atomic E-state index is -0.317. The van der Waals surface area contributed by atoms with Gasteiger partial charge in [-0.3, -0.25) is 0 Å². The lowest BCUT2D eigenvalue weighted by Gasteiger charge is -2.19. The summed E-state index contributed by atoms with van der Waals surface area (Å²) in [5, 5.41) is 3.93. The Balaban J connectivity index is 1.66. The molecular weight excluding hydrogens is 258 g/mol. The van der Waals surface area contributed by atoms with Crippen LogP contribution in [0.4, 0.5) is 0 Å². The maximum atomic E-state index is 6.10. The van der Waals surface area contributed by atoms with Crippen LogP contribution in [-0.2, 0) is 15.9 Å². The molecule has 1 aliphatic rings. The Morgan fingerprint density at radius 2 is 2.10 bits per heavy atom. The average molecular weight is 275 g/mol. The monoisotopic (exact) mass is 275 g/mol. The molecule has 6 heteroatoms. The van der Waals surface area contributed by atoms with Gasteiger partial charge in [0.05, 0.1) is 25.9 Å². The summed E-state index contributed by atoms with van der Waals surface area (Å²) in [7, 11) is 0. The van der Waals surface area contributed by atoms with Crippen molar-refractivity contribution in [2.75, 3.05) is 19.8 Å². The number of benzene rings is 1. The van der Waals surface area contributed by atoms with Crippen LogP contribution >= 0.6 is 0 Å². The van der Waals surface area contributed by atoms with Gasteiger partial charge in [0, 0.05) is 0 Å². The summed E-state index contributed by atoms with van der Waals surface area (Å²) in [5.74, 6) is 0.932. The molecule has 3 rings (SSSR count). The van der Waals surface area contributed by atoms with Crippen molar-refractivity contribution in [3.8, 4) is 0 Å². The number of ether oxygens (including phenoxy) is 2. The smallest absolute Gasteiger partial charge is 0.243 e. The zero-order valence-electron chi connectivity index (χ0n) is 11.1. The lowest BCUT2D eigenvalue weighted by atomic mass is 10.1. The van der Waals surface area contributed by atoms with Gasteiger partial charge in [0.1, 0.15) is 6.10 Å². The van der Waals surface area contributed by atoms with Crippen LogP contribution in [0.15, 0.2) is 34.9 Å². The van der Waals surface area contributed by atoms with E-state index in [-0.39, 0.29) is 12.1 Å². The lowest BCUT2D eigenvalue weighted by Crippen LogP contribution is -2.23. The molecule has 106 valence electrons. The third-order valence-corrected chi connectivity index (χ3v) is 3.18. The maximum absolute atomic E-state index is 6.10. The van der Waals surface area contributed by atoms with Crippen molar-refractivity contribution in [2.45, 2.75) is 18.6 Å². The van der Waals surface area contributed by atoms with Crippen LogP contribution < -0.4 is 5.73 Å². The van der Waals surface area contributed by atoms with E-state index in [0.717, 1.165) is 5.56 Å². The van der Waals surface area contributed by atoms with Gasteiger partial charge in [-0.15, -0.1) is 0 Å². The first kappa shape index (κ1) is 13.2. The van der Waals surface area contributed by atoms with Crippen LogP contribution in [0.3, 0.4) is 0 Å². The maximum Gasteiger partial charge on any atom is 0.243 e. The van der Waals surface area contributed by atoms with Crippen molar-refractivity contribution in [2.24, 2.45) is 5.73 Å². The van der Waals surface area contributed by atoms with Crippen molar-refractivity contribution in [3.63, 3.8) is 0 Å². The van der Waals surface area contributed by atoms with E-state index < -0.39 is 0 Å². The van der Waals surface area contributed by atoms with Crippen LogP contribution in [0.25, 0.3) is 0 Å². The Kier molecular flexibility index (Phi) is 4.05. The highest BCUT2D eigenvalue weighted by Gasteiger charge is 2.24. The quantitative estimate of drug-likeness (QED) is 0.908. The summed E-state index contributed by atoms with van der Waals surface area (Å²) in [6, 6.07) is 9.66. The molecule has 1 aliphatic heterocycles. The van der Waals surface area contributed by atoms with Crippen LogP contribution in [0, 0.1) is 0 Å². The predicted octanol–water partition coefficient (Wildman–Crippen LogP) is 1.40. The Morgan fingerprint density at radius 1 is 1.25 bits per heavy atom. The van der Waals surface area contributed by atoms with Crippen molar-refractivity contribution < 1.29 is 14.0 Å². The van der Waals surface area contributed by atoms with E-state index >= 15 is 0 Å². The summed E-state index contributed by atoms with van der Waals surface area (Å²) >= 11 is 0. The SMILES string of the molecule is NC(Cc1ccccc1)c1nc(C2COCCO2)no1. The van der Waals surface area contributed by atoms with Crippen LogP contribution in [-0.4, -0.2) is 30.0 Å². The molecule has 2 unspecified atom stereocenters. The van der Waals surface area contributed by atoms with Crippen molar-refractivity contribution >= 4 is 0 Å². The molecule has 0 radical (unpaired) electrons. The third-order valence-electron chi connectivity index (χ3n) is 3.18.